The lowest BCUT2D eigenvalue weighted by Crippen LogP contribution is -2.56. The first-order chi connectivity index (χ1) is 13.2. The molecule has 6 heteroatoms. The van der Waals surface area contributed by atoms with Gasteiger partial charge < -0.3 is 14.5 Å². The molecule has 2 rings (SSSR count). The number of benzene rings is 1. The topological polar surface area (TPSA) is 50.8 Å². The number of carbonyl (C=O) groups excluding carboxylic acids is 1. The fraction of sp³-hybridized carbons (Fsp3) is 0.696. The number of ether oxygens (including phenoxy) is 1. The van der Waals surface area contributed by atoms with E-state index >= 15 is 0 Å². The van der Waals surface area contributed by atoms with E-state index in [4.69, 9.17) is 9.16 Å². The van der Waals surface area contributed by atoms with E-state index in [1.165, 1.54) is 5.56 Å². The van der Waals surface area contributed by atoms with E-state index in [-0.39, 0.29) is 23.3 Å². The molecule has 2 atom stereocenters. The van der Waals surface area contributed by atoms with E-state index in [1.54, 1.807) is 0 Å². The molecule has 0 unspecified atom stereocenters. The van der Waals surface area contributed by atoms with Gasteiger partial charge in [0.15, 0.2) is 8.32 Å². The molecule has 29 heavy (non-hydrogen) atoms. The highest BCUT2D eigenvalue weighted by Gasteiger charge is 2.41. The van der Waals surface area contributed by atoms with E-state index < -0.39 is 13.9 Å². The van der Waals surface area contributed by atoms with Gasteiger partial charge in [0.05, 0.1) is 6.10 Å². The maximum absolute atomic E-state index is 12.4. The third-order valence-electron chi connectivity index (χ3n) is 5.73. The molecule has 1 aromatic carbocycles. The van der Waals surface area contributed by atoms with Crippen LogP contribution in [-0.2, 0) is 15.7 Å². The molecule has 1 aromatic rings. The highest BCUT2D eigenvalue weighted by Crippen LogP contribution is 2.38. The molecule has 1 amide bonds. The van der Waals surface area contributed by atoms with Crippen molar-refractivity contribution in [2.75, 3.05) is 13.1 Å². The summed E-state index contributed by atoms with van der Waals surface area (Å²) in [5.41, 5.74) is 0.774. The van der Waals surface area contributed by atoms with E-state index in [0.29, 0.717) is 0 Å². The number of rotatable bonds is 5. The van der Waals surface area contributed by atoms with Crippen LogP contribution < -0.4 is 5.32 Å². The summed E-state index contributed by atoms with van der Waals surface area (Å²) in [7, 11) is -1.89. The van der Waals surface area contributed by atoms with Gasteiger partial charge in [-0.2, -0.15) is 0 Å². The SMILES string of the molecule is CC(C)(C)OC(=O)N[C@H]1C[C@@H](O[Si](C)(C)C(C)(C)C)CN(Cc2ccccc2)C1. The van der Waals surface area contributed by atoms with Crippen LogP contribution >= 0.6 is 0 Å². The van der Waals surface area contributed by atoms with Crippen LogP contribution in [0.15, 0.2) is 30.3 Å². The van der Waals surface area contributed by atoms with Crippen LogP contribution in [0.25, 0.3) is 0 Å². The minimum atomic E-state index is -1.89. The van der Waals surface area contributed by atoms with Crippen LogP contribution in [-0.4, -0.2) is 50.1 Å². The highest BCUT2D eigenvalue weighted by molar-refractivity contribution is 6.74. The van der Waals surface area contributed by atoms with Gasteiger partial charge in [-0.05, 0) is 50.9 Å². The quantitative estimate of drug-likeness (QED) is 0.667. The number of piperidine rings is 1. The second kappa shape index (κ2) is 9.19. The molecular weight excluding hydrogens is 380 g/mol. The molecule has 1 fully saturated rings. The molecule has 164 valence electrons. The number of nitrogens with one attached hydrogen (secondary N) is 1. The summed E-state index contributed by atoms with van der Waals surface area (Å²) in [5, 5.41) is 3.23. The molecule has 0 spiro atoms. The zero-order valence-electron chi connectivity index (χ0n) is 19.5. The largest absolute Gasteiger partial charge is 0.444 e. The van der Waals surface area contributed by atoms with Crippen LogP contribution in [0.2, 0.25) is 18.1 Å². The van der Waals surface area contributed by atoms with E-state index in [0.717, 1.165) is 26.1 Å². The van der Waals surface area contributed by atoms with E-state index in [1.807, 2.05) is 26.8 Å². The summed E-state index contributed by atoms with van der Waals surface area (Å²) < 4.78 is 12.2. The predicted molar refractivity (Wildman–Crippen MR) is 122 cm³/mol. The fourth-order valence-electron chi connectivity index (χ4n) is 3.37. The number of likely N-dealkylation sites (tertiary alicyclic amines) is 1. The van der Waals surface area contributed by atoms with Crippen LogP contribution in [0, 0.1) is 0 Å². The molecule has 1 N–H and O–H groups in total. The Bertz CT molecular complexity index is 665. The maximum Gasteiger partial charge on any atom is 0.407 e. The monoisotopic (exact) mass is 420 g/mol. The third-order valence-corrected chi connectivity index (χ3v) is 10.3. The van der Waals surface area contributed by atoms with Crippen LogP contribution in [0.1, 0.15) is 53.5 Å². The zero-order valence-corrected chi connectivity index (χ0v) is 20.5. The number of hydrogen-bond donors (Lipinski definition) is 1. The lowest BCUT2D eigenvalue weighted by atomic mass is 10.0. The lowest BCUT2D eigenvalue weighted by molar-refractivity contribution is 0.0323. The van der Waals surface area contributed by atoms with Crippen molar-refractivity contribution in [3.05, 3.63) is 35.9 Å². The Morgan fingerprint density at radius 3 is 2.28 bits per heavy atom. The molecule has 1 heterocycles. The summed E-state index contributed by atoms with van der Waals surface area (Å²) in [6.45, 7) is 19.6. The summed E-state index contributed by atoms with van der Waals surface area (Å²) in [5.74, 6) is 0. The Balaban J connectivity index is 2.11. The molecule has 0 bridgehead atoms. The van der Waals surface area contributed by atoms with Gasteiger partial charge in [-0.15, -0.1) is 0 Å². The number of carbonyl (C=O) groups is 1. The first-order valence-corrected chi connectivity index (χ1v) is 13.6. The Morgan fingerprint density at radius 2 is 1.72 bits per heavy atom. The molecular formula is C23H40N2O3Si. The van der Waals surface area contributed by atoms with Crippen molar-refractivity contribution in [3.63, 3.8) is 0 Å². The number of hydrogen-bond acceptors (Lipinski definition) is 4. The van der Waals surface area contributed by atoms with Crippen LogP contribution in [0.5, 0.6) is 0 Å². The van der Waals surface area contributed by atoms with Gasteiger partial charge in [0.2, 0.25) is 0 Å². The van der Waals surface area contributed by atoms with Gasteiger partial charge in [0.1, 0.15) is 5.60 Å². The Kier molecular flexibility index (Phi) is 7.57. The van der Waals surface area contributed by atoms with Gasteiger partial charge in [-0.1, -0.05) is 51.1 Å². The van der Waals surface area contributed by atoms with Crippen molar-refractivity contribution in [2.24, 2.45) is 0 Å². The maximum atomic E-state index is 12.4. The third kappa shape index (κ3) is 7.76. The smallest absolute Gasteiger partial charge is 0.407 e. The Morgan fingerprint density at radius 1 is 1.10 bits per heavy atom. The second-order valence-electron chi connectivity index (χ2n) is 10.8. The first kappa shape index (κ1) is 23.9. The average molecular weight is 421 g/mol. The van der Waals surface area contributed by atoms with Gasteiger partial charge in [0.25, 0.3) is 0 Å². The number of amides is 1. The van der Waals surface area contributed by atoms with Crippen LogP contribution in [0.4, 0.5) is 4.79 Å². The van der Waals surface area contributed by atoms with Crippen molar-refractivity contribution < 1.29 is 14.0 Å². The molecule has 1 aliphatic heterocycles. The standard InChI is InChI=1S/C23H40N2O3Si/c1-22(2,3)27-21(26)24-19-14-20(28-29(7,8)23(4,5)6)17-25(16-19)15-18-12-10-9-11-13-18/h9-13,19-20H,14-17H2,1-8H3,(H,24,26)/t19-,20+/m0/s1. The minimum Gasteiger partial charge on any atom is -0.444 e. The summed E-state index contributed by atoms with van der Waals surface area (Å²) >= 11 is 0. The summed E-state index contributed by atoms with van der Waals surface area (Å²) in [6.07, 6.45) is 0.570. The van der Waals surface area contributed by atoms with Gasteiger partial charge >= 0.3 is 6.09 Å². The van der Waals surface area contributed by atoms with Gasteiger partial charge in [-0.25, -0.2) is 4.79 Å². The lowest BCUT2D eigenvalue weighted by Gasteiger charge is -2.44. The molecule has 1 aliphatic rings. The van der Waals surface area contributed by atoms with Crippen molar-refractivity contribution in [1.29, 1.82) is 0 Å². The minimum absolute atomic E-state index is 0.0112. The highest BCUT2D eigenvalue weighted by atomic mass is 28.4. The van der Waals surface area contributed by atoms with Crippen molar-refractivity contribution in [2.45, 2.75) is 90.4 Å². The fourth-order valence-corrected chi connectivity index (χ4v) is 4.73. The normalized spacial score (nSPS) is 21.7. The predicted octanol–water partition coefficient (Wildman–Crippen LogP) is 5.18. The molecule has 0 aliphatic carbocycles. The average Bonchev–Trinajstić information content (AvgIpc) is 2.52. The van der Waals surface area contributed by atoms with Gasteiger partial charge in [0, 0.05) is 25.7 Å². The van der Waals surface area contributed by atoms with Crippen molar-refractivity contribution >= 4 is 14.4 Å². The second-order valence-corrected chi connectivity index (χ2v) is 15.5. The Labute approximate surface area is 178 Å². The van der Waals surface area contributed by atoms with Gasteiger partial charge in [-0.3, -0.25) is 4.90 Å². The first-order valence-electron chi connectivity index (χ1n) is 10.7. The van der Waals surface area contributed by atoms with Crippen molar-refractivity contribution in [3.8, 4) is 0 Å². The van der Waals surface area contributed by atoms with Crippen LogP contribution in [0.3, 0.4) is 0 Å². The number of alkyl carbamates (subject to hydrolysis) is 1. The van der Waals surface area contributed by atoms with Crippen molar-refractivity contribution in [1.82, 2.24) is 10.2 Å². The molecule has 0 radical (unpaired) electrons. The molecule has 1 saturated heterocycles. The number of nitrogens with zero attached hydrogens (tertiary/aromatic N) is 1. The van der Waals surface area contributed by atoms with E-state index in [9.17, 15) is 4.79 Å². The molecule has 0 aromatic heterocycles. The summed E-state index contributed by atoms with van der Waals surface area (Å²) in [4.78, 5) is 14.7. The van der Waals surface area contributed by atoms with E-state index in [2.05, 4.69) is 68.3 Å². The molecule has 0 saturated carbocycles. The molecule has 5 nitrogen and oxygen atoms in total. The zero-order chi connectivity index (χ0) is 21.9. The Hall–Kier alpha value is -1.37. The summed E-state index contributed by atoms with van der Waals surface area (Å²) in [6, 6.07) is 10.5.